The predicted octanol–water partition coefficient (Wildman–Crippen LogP) is 6.86. The molecule has 4 aromatic rings. The van der Waals surface area contributed by atoms with Gasteiger partial charge in [0, 0.05) is 22.3 Å². The van der Waals surface area contributed by atoms with Gasteiger partial charge in [0.2, 0.25) is 0 Å². The number of amides is 2. The van der Waals surface area contributed by atoms with E-state index in [2.05, 4.69) is 52.5 Å². The van der Waals surface area contributed by atoms with E-state index in [4.69, 9.17) is 0 Å². The molecule has 0 spiro atoms. The van der Waals surface area contributed by atoms with E-state index < -0.39 is 0 Å². The van der Waals surface area contributed by atoms with Crippen LogP contribution in [0.15, 0.2) is 72.9 Å². The van der Waals surface area contributed by atoms with Crippen LogP contribution in [-0.4, -0.2) is 15.5 Å². The first-order chi connectivity index (χ1) is 16.2. The van der Waals surface area contributed by atoms with Gasteiger partial charge in [-0.2, -0.15) is 0 Å². The number of nitrogens with zero attached hydrogens (tertiary/aromatic N) is 2. The number of hydrogen-bond donors (Lipinski definition) is 1. The number of fused-ring (bicyclic) bond motifs is 5. The molecule has 0 bridgehead atoms. The molecule has 0 saturated carbocycles. The van der Waals surface area contributed by atoms with Gasteiger partial charge in [-0.25, -0.2) is 4.79 Å². The van der Waals surface area contributed by atoms with E-state index in [1.54, 1.807) is 0 Å². The standard InChI is InChI=1S/C28H27N3OS/c1-19-10-5-7-14-23(19)29-28(32)31-18-22-21-13-6-8-16-25(21)33-27(22)30-17-9-15-24(30)26(31)20-11-3-2-4-12-20/h2-5,7,9-12,14-15,17,26H,6,8,13,16,18H2,1H3,(H,29,32). The monoisotopic (exact) mass is 453 g/mol. The van der Waals surface area contributed by atoms with Gasteiger partial charge < -0.3 is 14.8 Å². The third kappa shape index (κ3) is 3.47. The van der Waals surface area contributed by atoms with E-state index in [0.717, 1.165) is 35.3 Å². The summed E-state index contributed by atoms with van der Waals surface area (Å²) in [4.78, 5) is 17.4. The van der Waals surface area contributed by atoms with Crippen molar-refractivity contribution < 1.29 is 4.79 Å². The summed E-state index contributed by atoms with van der Waals surface area (Å²) in [5.41, 5.74) is 6.99. The number of anilines is 1. The molecule has 6 rings (SSSR count). The Morgan fingerprint density at radius 2 is 1.73 bits per heavy atom. The molecule has 4 nitrogen and oxygen atoms in total. The number of urea groups is 1. The SMILES string of the molecule is Cc1ccccc1NC(=O)N1Cc2c(sc3c2CCCC3)-n2cccc2C1c1ccccc1. The highest BCUT2D eigenvalue weighted by molar-refractivity contribution is 7.15. The summed E-state index contributed by atoms with van der Waals surface area (Å²) in [5, 5.41) is 4.50. The average molecular weight is 454 g/mol. The lowest BCUT2D eigenvalue weighted by Gasteiger charge is -2.31. The van der Waals surface area contributed by atoms with Crippen LogP contribution in [0.1, 0.15) is 51.7 Å². The fraction of sp³-hybridized carbons (Fsp3) is 0.250. The maximum absolute atomic E-state index is 13.9. The van der Waals surface area contributed by atoms with Crippen molar-refractivity contribution in [2.45, 2.75) is 45.2 Å². The van der Waals surface area contributed by atoms with Gasteiger partial charge in [-0.3, -0.25) is 0 Å². The fourth-order valence-electron chi connectivity index (χ4n) is 5.27. The van der Waals surface area contributed by atoms with Crippen LogP contribution < -0.4 is 5.32 Å². The highest BCUT2D eigenvalue weighted by atomic mass is 32.1. The Bertz CT molecular complexity index is 1320. The number of para-hydroxylation sites is 1. The molecule has 1 atom stereocenters. The lowest BCUT2D eigenvalue weighted by Crippen LogP contribution is -2.38. The molecule has 1 aliphatic carbocycles. The Morgan fingerprint density at radius 1 is 0.939 bits per heavy atom. The number of carbonyl (C=O) groups excluding carboxylic acids is 1. The van der Waals surface area contributed by atoms with Crippen molar-refractivity contribution in [3.8, 4) is 5.00 Å². The van der Waals surface area contributed by atoms with E-state index in [1.165, 1.54) is 33.8 Å². The van der Waals surface area contributed by atoms with Crippen molar-refractivity contribution in [2.24, 2.45) is 0 Å². The molecule has 1 N–H and O–H groups in total. The molecule has 0 radical (unpaired) electrons. The van der Waals surface area contributed by atoms with Gasteiger partial charge in [-0.1, -0.05) is 48.5 Å². The second kappa shape index (κ2) is 8.23. The number of hydrogen-bond acceptors (Lipinski definition) is 2. The fourth-order valence-corrected chi connectivity index (χ4v) is 6.68. The topological polar surface area (TPSA) is 37.3 Å². The molecular weight excluding hydrogens is 426 g/mol. The van der Waals surface area contributed by atoms with E-state index >= 15 is 0 Å². The van der Waals surface area contributed by atoms with E-state index in [-0.39, 0.29) is 12.1 Å². The maximum Gasteiger partial charge on any atom is 0.322 e. The second-order valence-corrected chi connectivity index (χ2v) is 10.1. The lowest BCUT2D eigenvalue weighted by atomic mass is 9.95. The second-order valence-electron chi connectivity index (χ2n) is 8.98. The molecule has 1 unspecified atom stereocenters. The minimum absolute atomic E-state index is 0.0606. The van der Waals surface area contributed by atoms with E-state index in [9.17, 15) is 4.79 Å². The number of thiophene rings is 1. The lowest BCUT2D eigenvalue weighted by molar-refractivity contribution is 0.194. The van der Waals surface area contributed by atoms with Gasteiger partial charge in [-0.05, 0) is 67.5 Å². The molecule has 5 heteroatoms. The normalized spacial score (nSPS) is 17.0. The van der Waals surface area contributed by atoms with E-state index in [1.807, 2.05) is 53.5 Å². The van der Waals surface area contributed by atoms with Gasteiger partial charge in [0.25, 0.3) is 0 Å². The van der Waals surface area contributed by atoms with Crippen molar-refractivity contribution >= 4 is 23.1 Å². The van der Waals surface area contributed by atoms with Gasteiger partial charge in [0.15, 0.2) is 0 Å². The zero-order valence-electron chi connectivity index (χ0n) is 18.8. The van der Waals surface area contributed by atoms with Crippen molar-refractivity contribution in [1.82, 2.24) is 9.47 Å². The molecule has 2 aromatic carbocycles. The predicted molar refractivity (Wildman–Crippen MR) is 134 cm³/mol. The highest BCUT2D eigenvalue weighted by Gasteiger charge is 2.36. The Hall–Kier alpha value is -3.31. The molecular formula is C28H27N3OS. The number of aromatic nitrogens is 1. The van der Waals surface area contributed by atoms with Crippen LogP contribution in [0.4, 0.5) is 10.5 Å². The molecule has 2 aliphatic rings. The number of nitrogens with one attached hydrogen (secondary N) is 1. The van der Waals surface area contributed by atoms with Crippen LogP contribution >= 0.6 is 11.3 Å². The molecule has 0 fully saturated rings. The van der Waals surface area contributed by atoms with E-state index in [0.29, 0.717) is 6.54 Å². The van der Waals surface area contributed by atoms with Crippen LogP contribution in [-0.2, 0) is 19.4 Å². The summed E-state index contributed by atoms with van der Waals surface area (Å²) in [6.07, 6.45) is 6.91. The van der Waals surface area contributed by atoms with Crippen molar-refractivity contribution in [3.05, 3.63) is 106 Å². The number of rotatable bonds is 2. The minimum Gasteiger partial charge on any atom is -0.310 e. The first kappa shape index (κ1) is 20.3. The van der Waals surface area contributed by atoms with Gasteiger partial charge >= 0.3 is 6.03 Å². The van der Waals surface area contributed by atoms with Crippen LogP contribution in [0.25, 0.3) is 5.00 Å². The molecule has 166 valence electrons. The summed E-state index contributed by atoms with van der Waals surface area (Å²) in [6.45, 7) is 2.64. The van der Waals surface area contributed by atoms with Crippen molar-refractivity contribution in [3.63, 3.8) is 0 Å². The summed E-state index contributed by atoms with van der Waals surface area (Å²) in [5.74, 6) is 0. The Labute approximate surface area is 198 Å². The number of benzene rings is 2. The van der Waals surface area contributed by atoms with Crippen LogP contribution in [0, 0.1) is 6.92 Å². The quantitative estimate of drug-likeness (QED) is 0.354. The minimum atomic E-state index is -0.163. The van der Waals surface area contributed by atoms with Crippen LogP contribution in [0.2, 0.25) is 0 Å². The van der Waals surface area contributed by atoms with Gasteiger partial charge in [0.05, 0.1) is 18.3 Å². The first-order valence-electron chi connectivity index (χ1n) is 11.7. The first-order valence-corrected chi connectivity index (χ1v) is 12.5. The molecule has 2 amide bonds. The van der Waals surface area contributed by atoms with Crippen molar-refractivity contribution in [2.75, 3.05) is 5.32 Å². The molecule has 3 heterocycles. The third-order valence-corrected chi connectivity index (χ3v) is 8.28. The Morgan fingerprint density at radius 3 is 2.58 bits per heavy atom. The molecule has 2 aromatic heterocycles. The number of aryl methyl sites for hydroxylation is 2. The smallest absolute Gasteiger partial charge is 0.310 e. The van der Waals surface area contributed by atoms with Crippen LogP contribution in [0.5, 0.6) is 0 Å². The van der Waals surface area contributed by atoms with Gasteiger partial charge in [-0.15, -0.1) is 11.3 Å². The third-order valence-electron chi connectivity index (χ3n) is 6.94. The summed E-state index contributed by atoms with van der Waals surface area (Å²) in [6, 6.07) is 22.4. The summed E-state index contributed by atoms with van der Waals surface area (Å²) in [7, 11) is 0. The van der Waals surface area contributed by atoms with Crippen LogP contribution in [0.3, 0.4) is 0 Å². The highest BCUT2D eigenvalue weighted by Crippen LogP contribution is 2.44. The molecule has 33 heavy (non-hydrogen) atoms. The largest absolute Gasteiger partial charge is 0.322 e. The maximum atomic E-state index is 13.9. The average Bonchev–Trinajstić information content (AvgIpc) is 3.43. The molecule has 0 saturated heterocycles. The van der Waals surface area contributed by atoms with Crippen molar-refractivity contribution in [1.29, 1.82) is 0 Å². The summed E-state index contributed by atoms with van der Waals surface area (Å²) >= 11 is 1.92. The Kier molecular flexibility index (Phi) is 5.07. The zero-order valence-corrected chi connectivity index (χ0v) is 19.6. The number of carbonyl (C=O) groups is 1. The summed E-state index contributed by atoms with van der Waals surface area (Å²) < 4.78 is 2.33. The van der Waals surface area contributed by atoms with Gasteiger partial charge in [0.1, 0.15) is 5.00 Å². The molecule has 1 aliphatic heterocycles. The zero-order chi connectivity index (χ0) is 22.4. The Balaban J connectivity index is 1.50.